The Morgan fingerprint density at radius 3 is 1.95 bits per heavy atom. The molecule has 3 aromatic rings. The van der Waals surface area contributed by atoms with Crippen molar-refractivity contribution in [3.63, 3.8) is 0 Å². The van der Waals surface area contributed by atoms with Crippen molar-refractivity contribution in [2.24, 2.45) is 0 Å². The van der Waals surface area contributed by atoms with Crippen molar-refractivity contribution >= 4 is 23.9 Å². The van der Waals surface area contributed by atoms with Crippen LogP contribution >= 0.6 is 0 Å². The van der Waals surface area contributed by atoms with Crippen molar-refractivity contribution in [1.29, 1.82) is 0 Å². The Morgan fingerprint density at radius 2 is 1.35 bits per heavy atom. The van der Waals surface area contributed by atoms with Crippen LogP contribution in [0.25, 0.3) is 11.1 Å². The summed E-state index contributed by atoms with van der Waals surface area (Å²) in [5.41, 5.74) is 2.01. The normalized spacial score (nSPS) is 10.2. The molecule has 9 heteroatoms. The van der Waals surface area contributed by atoms with Crippen LogP contribution in [0.2, 0.25) is 0 Å². The van der Waals surface area contributed by atoms with Gasteiger partial charge in [0, 0.05) is 24.1 Å². The highest BCUT2D eigenvalue weighted by atomic mass is 19.1. The molecule has 0 saturated heterocycles. The highest BCUT2D eigenvalue weighted by Gasteiger charge is 2.15. The molecule has 0 aliphatic rings. The molecule has 0 aromatic heterocycles. The number of carbonyl (C=O) groups is 4. The van der Waals surface area contributed by atoms with Crippen molar-refractivity contribution < 1.29 is 42.5 Å². The molecule has 0 heterocycles. The Hall–Kier alpha value is -5.31. The van der Waals surface area contributed by atoms with E-state index in [1.165, 1.54) is 31.2 Å². The first-order chi connectivity index (χ1) is 19.1. The maximum Gasteiger partial charge on any atom is 0.338 e. The first-order valence-electron chi connectivity index (χ1n) is 11.9. The quantitative estimate of drug-likeness (QED) is 0.172. The first-order valence-corrected chi connectivity index (χ1v) is 11.9. The summed E-state index contributed by atoms with van der Waals surface area (Å²) in [4.78, 5) is 47.3. The van der Waals surface area contributed by atoms with E-state index < -0.39 is 29.7 Å². The van der Waals surface area contributed by atoms with Gasteiger partial charge in [-0.05, 0) is 66.4 Å². The van der Waals surface area contributed by atoms with E-state index in [2.05, 4.69) is 19.7 Å². The summed E-state index contributed by atoms with van der Waals surface area (Å²) in [6.45, 7) is 11.7. The number of hydrogen-bond acceptors (Lipinski definition) is 8. The van der Waals surface area contributed by atoms with Gasteiger partial charge in [0.15, 0.2) is 23.1 Å². The third-order valence-electron chi connectivity index (χ3n) is 5.28. The topological polar surface area (TPSA) is 105 Å². The van der Waals surface area contributed by atoms with E-state index in [1.807, 2.05) is 0 Å². The molecule has 0 bridgehead atoms. The molecule has 0 N–H and O–H groups in total. The maximum absolute atomic E-state index is 14.7. The molecule has 0 unspecified atom stereocenters. The number of esters is 4. The van der Waals surface area contributed by atoms with Gasteiger partial charge < -0.3 is 18.9 Å². The molecule has 0 radical (unpaired) electrons. The lowest BCUT2D eigenvalue weighted by Crippen LogP contribution is -2.11. The third-order valence-corrected chi connectivity index (χ3v) is 5.28. The standard InChI is InChI=1S/C31H25FO8/c1-5-28(33)39-26-14-7-20(17-27(26)40-29(34)6-2)8-16-30(35)38-25-15-11-22(18-24(25)32)21-9-12-23(13-10-21)37-31(36)19(3)4/h5-7,9-15,17-18H,1-3,8,16H2,4H3. The van der Waals surface area contributed by atoms with Crippen LogP contribution in [0.1, 0.15) is 18.9 Å². The molecule has 0 fully saturated rings. The van der Waals surface area contributed by atoms with Crippen molar-refractivity contribution in [2.45, 2.75) is 19.8 Å². The number of ether oxygens (including phenoxy) is 4. The summed E-state index contributed by atoms with van der Waals surface area (Å²) >= 11 is 0. The lowest BCUT2D eigenvalue weighted by atomic mass is 10.1. The molecule has 8 nitrogen and oxygen atoms in total. The van der Waals surface area contributed by atoms with Crippen molar-refractivity contribution in [3.05, 3.63) is 110 Å². The monoisotopic (exact) mass is 544 g/mol. The predicted molar refractivity (Wildman–Crippen MR) is 144 cm³/mol. The van der Waals surface area contributed by atoms with Crippen LogP contribution in [0.4, 0.5) is 4.39 Å². The van der Waals surface area contributed by atoms with Crippen LogP contribution in [0.5, 0.6) is 23.0 Å². The number of halogens is 1. The molecule has 3 rings (SSSR count). The number of benzene rings is 3. The van der Waals surface area contributed by atoms with Gasteiger partial charge in [-0.15, -0.1) is 0 Å². The van der Waals surface area contributed by atoms with Gasteiger partial charge in [0.2, 0.25) is 0 Å². The van der Waals surface area contributed by atoms with Gasteiger partial charge in [0.1, 0.15) is 5.75 Å². The minimum Gasteiger partial charge on any atom is -0.423 e. The Balaban J connectivity index is 1.64. The van der Waals surface area contributed by atoms with Crippen LogP contribution in [0.15, 0.2) is 98.1 Å². The zero-order valence-electron chi connectivity index (χ0n) is 21.6. The van der Waals surface area contributed by atoms with Gasteiger partial charge >= 0.3 is 23.9 Å². The van der Waals surface area contributed by atoms with Gasteiger partial charge in [0.05, 0.1) is 0 Å². The average molecular weight is 545 g/mol. The van der Waals surface area contributed by atoms with E-state index in [9.17, 15) is 23.6 Å². The van der Waals surface area contributed by atoms with Gasteiger partial charge in [-0.25, -0.2) is 18.8 Å². The number of aryl methyl sites for hydroxylation is 1. The molecule has 3 aromatic carbocycles. The second-order valence-electron chi connectivity index (χ2n) is 8.35. The molecular weight excluding hydrogens is 519 g/mol. The Morgan fingerprint density at radius 1 is 0.750 bits per heavy atom. The van der Waals surface area contributed by atoms with E-state index in [0.717, 1.165) is 12.2 Å². The minimum absolute atomic E-state index is 0.0175. The highest BCUT2D eigenvalue weighted by Crippen LogP contribution is 2.30. The van der Waals surface area contributed by atoms with Gasteiger partial charge in [-0.1, -0.05) is 44.0 Å². The summed E-state index contributed by atoms with van der Waals surface area (Å²) in [5, 5.41) is 0. The zero-order valence-corrected chi connectivity index (χ0v) is 21.6. The number of hydrogen-bond donors (Lipinski definition) is 0. The van der Waals surface area contributed by atoms with E-state index in [-0.39, 0.29) is 35.7 Å². The van der Waals surface area contributed by atoms with Crippen LogP contribution in [0.3, 0.4) is 0 Å². The number of rotatable bonds is 11. The van der Waals surface area contributed by atoms with Crippen molar-refractivity contribution in [1.82, 2.24) is 0 Å². The van der Waals surface area contributed by atoms with E-state index in [0.29, 0.717) is 22.4 Å². The molecule has 0 aliphatic carbocycles. The predicted octanol–water partition coefficient (Wildman–Crippen LogP) is 5.70. The fourth-order valence-electron chi connectivity index (χ4n) is 3.26. The zero-order chi connectivity index (χ0) is 29.2. The molecule has 204 valence electrons. The van der Waals surface area contributed by atoms with Gasteiger partial charge in [0.25, 0.3) is 0 Å². The molecule has 0 aliphatic heterocycles. The molecule has 0 spiro atoms. The highest BCUT2D eigenvalue weighted by molar-refractivity contribution is 5.89. The van der Waals surface area contributed by atoms with Crippen molar-refractivity contribution in [2.75, 3.05) is 0 Å². The Kier molecular flexibility index (Phi) is 9.85. The van der Waals surface area contributed by atoms with Crippen LogP contribution in [-0.2, 0) is 25.6 Å². The lowest BCUT2D eigenvalue weighted by molar-refractivity contribution is -0.134. The van der Waals surface area contributed by atoms with Crippen LogP contribution in [0, 0.1) is 5.82 Å². The molecule has 0 atom stereocenters. The minimum atomic E-state index is -0.770. The lowest BCUT2D eigenvalue weighted by Gasteiger charge is -2.11. The third kappa shape index (κ3) is 8.09. The smallest absolute Gasteiger partial charge is 0.338 e. The average Bonchev–Trinajstić information content (AvgIpc) is 2.94. The fourth-order valence-corrected chi connectivity index (χ4v) is 3.26. The summed E-state index contributed by atoms with van der Waals surface area (Å²) < 4.78 is 35.2. The second-order valence-corrected chi connectivity index (χ2v) is 8.35. The molecule has 0 amide bonds. The van der Waals surface area contributed by atoms with E-state index in [4.69, 9.17) is 18.9 Å². The van der Waals surface area contributed by atoms with Crippen LogP contribution in [-0.4, -0.2) is 23.9 Å². The van der Waals surface area contributed by atoms with Gasteiger partial charge in [-0.3, -0.25) is 4.79 Å². The van der Waals surface area contributed by atoms with Crippen molar-refractivity contribution in [3.8, 4) is 34.1 Å². The summed E-state index contributed by atoms with van der Waals surface area (Å²) in [6, 6.07) is 15.0. The molecule has 40 heavy (non-hydrogen) atoms. The fraction of sp³-hybridized carbons (Fsp3) is 0.0968. The molecule has 0 saturated carbocycles. The number of carbonyl (C=O) groups excluding carboxylic acids is 4. The second kappa shape index (κ2) is 13.5. The Labute approximate surface area is 229 Å². The largest absolute Gasteiger partial charge is 0.423 e. The first kappa shape index (κ1) is 29.2. The summed E-state index contributed by atoms with van der Waals surface area (Å²) in [6.07, 6.45) is 1.94. The van der Waals surface area contributed by atoms with E-state index in [1.54, 1.807) is 36.4 Å². The Bertz CT molecular complexity index is 1490. The van der Waals surface area contributed by atoms with Crippen LogP contribution < -0.4 is 18.9 Å². The molecular formula is C31H25FO8. The van der Waals surface area contributed by atoms with E-state index >= 15 is 0 Å². The SMILES string of the molecule is C=CC(=O)Oc1ccc(CCC(=O)Oc2ccc(-c3ccc(OC(=O)C(=C)C)cc3)cc2F)cc1OC(=O)C=C. The van der Waals surface area contributed by atoms with Gasteiger partial charge in [-0.2, -0.15) is 0 Å². The summed E-state index contributed by atoms with van der Waals surface area (Å²) in [5.74, 6) is -3.49. The maximum atomic E-state index is 14.7. The summed E-state index contributed by atoms with van der Waals surface area (Å²) in [7, 11) is 0.